The average molecular weight is 480 g/mol. The maximum Gasteiger partial charge on any atom is 0.255 e. The van der Waals surface area contributed by atoms with E-state index in [-0.39, 0.29) is 31.3 Å². The number of anilines is 1. The van der Waals surface area contributed by atoms with Crippen LogP contribution in [0, 0.1) is 0 Å². The highest BCUT2D eigenvalue weighted by atomic mass is 32.2. The highest BCUT2D eigenvalue weighted by Crippen LogP contribution is 2.39. The predicted molar refractivity (Wildman–Crippen MR) is 134 cm³/mol. The van der Waals surface area contributed by atoms with E-state index in [2.05, 4.69) is 5.32 Å². The van der Waals surface area contributed by atoms with Crippen LogP contribution < -0.4 is 5.32 Å². The number of ether oxygens (including phenoxy) is 2. The summed E-state index contributed by atoms with van der Waals surface area (Å²) in [6.45, 7) is 0.144. The SMILES string of the molecule is O=C(Nc1ccc(C2OC(CSCCO)CC(c3ccc(CO)cc3)O2)cc1)c1ccccc1. The Balaban J connectivity index is 1.47. The molecule has 0 aliphatic carbocycles. The number of carbonyl (C=O) groups excluding carboxylic acids is 1. The Morgan fingerprint density at radius 1 is 0.912 bits per heavy atom. The summed E-state index contributed by atoms with van der Waals surface area (Å²) in [7, 11) is 0. The number of rotatable bonds is 9. The third-order valence-electron chi connectivity index (χ3n) is 5.63. The first-order valence-corrected chi connectivity index (χ1v) is 12.5. The second kappa shape index (κ2) is 12.1. The summed E-state index contributed by atoms with van der Waals surface area (Å²) >= 11 is 1.66. The fourth-order valence-electron chi connectivity index (χ4n) is 3.82. The summed E-state index contributed by atoms with van der Waals surface area (Å²) in [5.74, 6) is 1.26. The van der Waals surface area contributed by atoms with Crippen molar-refractivity contribution in [3.05, 3.63) is 101 Å². The molecule has 4 rings (SSSR count). The maximum atomic E-state index is 12.4. The largest absolute Gasteiger partial charge is 0.396 e. The Labute approximate surface area is 203 Å². The van der Waals surface area contributed by atoms with Crippen LogP contribution in [-0.4, -0.2) is 40.3 Å². The van der Waals surface area contributed by atoms with Crippen molar-refractivity contribution in [2.45, 2.75) is 31.5 Å². The van der Waals surface area contributed by atoms with Gasteiger partial charge in [-0.3, -0.25) is 4.79 Å². The third kappa shape index (κ3) is 6.46. The fraction of sp³-hybridized carbons (Fsp3) is 0.296. The Bertz CT molecular complexity index is 1040. The van der Waals surface area contributed by atoms with Crippen molar-refractivity contribution in [3.63, 3.8) is 0 Å². The Hall–Kier alpha value is -2.68. The van der Waals surface area contributed by atoms with E-state index in [1.165, 1.54) is 0 Å². The molecule has 3 unspecified atom stereocenters. The molecule has 3 N–H and O–H groups in total. The highest BCUT2D eigenvalue weighted by molar-refractivity contribution is 7.99. The molecule has 1 saturated heterocycles. The van der Waals surface area contributed by atoms with E-state index in [1.54, 1.807) is 23.9 Å². The van der Waals surface area contributed by atoms with Gasteiger partial charge in [0.25, 0.3) is 5.91 Å². The molecule has 178 valence electrons. The molecule has 1 aliphatic rings. The van der Waals surface area contributed by atoms with E-state index >= 15 is 0 Å². The summed E-state index contributed by atoms with van der Waals surface area (Å²) in [4.78, 5) is 12.4. The van der Waals surface area contributed by atoms with Crippen LogP contribution in [0.5, 0.6) is 0 Å². The van der Waals surface area contributed by atoms with Crippen molar-refractivity contribution < 1.29 is 24.5 Å². The topological polar surface area (TPSA) is 88.0 Å². The van der Waals surface area contributed by atoms with Gasteiger partial charge in [0.05, 0.1) is 25.4 Å². The molecular weight excluding hydrogens is 450 g/mol. The zero-order chi connectivity index (χ0) is 23.8. The van der Waals surface area contributed by atoms with Crippen LogP contribution in [0.1, 0.15) is 45.9 Å². The van der Waals surface area contributed by atoms with Gasteiger partial charge in [-0.05, 0) is 35.4 Å². The van der Waals surface area contributed by atoms with Crippen LogP contribution in [0.4, 0.5) is 5.69 Å². The number of thioether (sulfide) groups is 1. The first-order chi connectivity index (χ1) is 16.7. The molecule has 0 radical (unpaired) electrons. The summed E-state index contributed by atoms with van der Waals surface area (Å²) in [6, 6.07) is 24.4. The molecule has 7 heteroatoms. The van der Waals surface area contributed by atoms with Gasteiger partial charge < -0.3 is 25.0 Å². The molecule has 3 aromatic rings. The van der Waals surface area contributed by atoms with Crippen LogP contribution in [0.2, 0.25) is 0 Å². The minimum Gasteiger partial charge on any atom is -0.396 e. The van der Waals surface area contributed by atoms with Crippen LogP contribution in [0.25, 0.3) is 0 Å². The van der Waals surface area contributed by atoms with E-state index in [4.69, 9.17) is 14.6 Å². The highest BCUT2D eigenvalue weighted by Gasteiger charge is 2.32. The minimum absolute atomic E-state index is 0.00508. The summed E-state index contributed by atoms with van der Waals surface area (Å²) in [5.41, 5.74) is 4.06. The monoisotopic (exact) mass is 479 g/mol. The fourth-order valence-corrected chi connectivity index (χ4v) is 4.59. The lowest BCUT2D eigenvalue weighted by atomic mass is 10.0. The van der Waals surface area contributed by atoms with Gasteiger partial charge in [-0.2, -0.15) is 11.8 Å². The molecular formula is C27H29NO5S. The molecule has 0 saturated carbocycles. The summed E-state index contributed by atoms with van der Waals surface area (Å²) in [6.07, 6.45) is -0.0210. The normalized spacial score (nSPS) is 20.1. The van der Waals surface area contributed by atoms with Crippen molar-refractivity contribution in [3.8, 4) is 0 Å². The lowest BCUT2D eigenvalue weighted by Gasteiger charge is -2.36. The van der Waals surface area contributed by atoms with Gasteiger partial charge in [0.2, 0.25) is 0 Å². The number of carbonyl (C=O) groups is 1. The molecule has 1 aliphatic heterocycles. The second-order valence-corrected chi connectivity index (χ2v) is 9.24. The molecule has 0 spiro atoms. The second-order valence-electron chi connectivity index (χ2n) is 8.09. The molecule has 34 heavy (non-hydrogen) atoms. The number of nitrogens with one attached hydrogen (secondary N) is 1. The zero-order valence-electron chi connectivity index (χ0n) is 18.8. The van der Waals surface area contributed by atoms with E-state index < -0.39 is 6.29 Å². The Morgan fingerprint density at radius 2 is 1.62 bits per heavy atom. The molecule has 0 bridgehead atoms. The predicted octanol–water partition coefficient (Wildman–Crippen LogP) is 4.70. The van der Waals surface area contributed by atoms with Crippen molar-refractivity contribution in [1.82, 2.24) is 0 Å². The molecule has 1 fully saturated rings. The first kappa shape index (κ1) is 24.4. The average Bonchev–Trinajstić information content (AvgIpc) is 2.89. The van der Waals surface area contributed by atoms with Gasteiger partial charge in [0, 0.05) is 34.7 Å². The van der Waals surface area contributed by atoms with Gasteiger partial charge >= 0.3 is 0 Å². The number of amides is 1. The van der Waals surface area contributed by atoms with E-state index in [0.717, 1.165) is 22.4 Å². The van der Waals surface area contributed by atoms with Crippen LogP contribution >= 0.6 is 11.8 Å². The van der Waals surface area contributed by atoms with Gasteiger partial charge in [0.15, 0.2) is 6.29 Å². The number of benzene rings is 3. The van der Waals surface area contributed by atoms with Crippen LogP contribution in [0.3, 0.4) is 0 Å². The van der Waals surface area contributed by atoms with E-state index in [0.29, 0.717) is 23.4 Å². The molecule has 1 heterocycles. The van der Waals surface area contributed by atoms with Gasteiger partial charge in [-0.1, -0.05) is 54.6 Å². The molecule has 6 nitrogen and oxygen atoms in total. The summed E-state index contributed by atoms with van der Waals surface area (Å²) in [5, 5.41) is 21.4. The van der Waals surface area contributed by atoms with Crippen molar-refractivity contribution in [1.29, 1.82) is 0 Å². The van der Waals surface area contributed by atoms with Crippen molar-refractivity contribution in [2.24, 2.45) is 0 Å². The Kier molecular flexibility index (Phi) is 8.73. The van der Waals surface area contributed by atoms with Gasteiger partial charge in [0.1, 0.15) is 0 Å². The molecule has 3 atom stereocenters. The number of aliphatic hydroxyl groups is 2. The standard InChI is InChI=1S/C27H29NO5S/c29-14-15-34-18-24-16-25(20-8-6-19(17-30)7-9-20)33-27(32-24)22-10-12-23(13-11-22)28-26(31)21-4-2-1-3-5-21/h1-13,24-25,27,29-30H,14-18H2,(H,28,31). The lowest BCUT2D eigenvalue weighted by Crippen LogP contribution is -2.31. The number of aliphatic hydroxyl groups excluding tert-OH is 2. The van der Waals surface area contributed by atoms with Crippen LogP contribution in [-0.2, 0) is 16.1 Å². The Morgan fingerprint density at radius 3 is 2.29 bits per heavy atom. The van der Waals surface area contributed by atoms with Gasteiger partial charge in [-0.25, -0.2) is 0 Å². The number of hydrogen-bond acceptors (Lipinski definition) is 6. The summed E-state index contributed by atoms with van der Waals surface area (Å²) < 4.78 is 12.6. The zero-order valence-corrected chi connectivity index (χ0v) is 19.6. The lowest BCUT2D eigenvalue weighted by molar-refractivity contribution is -0.245. The van der Waals surface area contributed by atoms with E-state index in [1.807, 2.05) is 66.7 Å². The number of hydrogen-bond donors (Lipinski definition) is 3. The van der Waals surface area contributed by atoms with Crippen molar-refractivity contribution >= 4 is 23.4 Å². The van der Waals surface area contributed by atoms with Gasteiger partial charge in [-0.15, -0.1) is 0 Å². The first-order valence-electron chi connectivity index (χ1n) is 11.3. The molecule has 3 aromatic carbocycles. The van der Waals surface area contributed by atoms with Crippen LogP contribution in [0.15, 0.2) is 78.9 Å². The van der Waals surface area contributed by atoms with E-state index in [9.17, 15) is 9.90 Å². The quantitative estimate of drug-likeness (QED) is 0.386. The third-order valence-corrected chi connectivity index (χ3v) is 6.71. The molecule has 1 amide bonds. The smallest absolute Gasteiger partial charge is 0.255 e. The van der Waals surface area contributed by atoms with Crippen molar-refractivity contribution in [2.75, 3.05) is 23.4 Å². The maximum absolute atomic E-state index is 12.4. The minimum atomic E-state index is -0.546. The molecule has 0 aromatic heterocycles.